The van der Waals surface area contributed by atoms with E-state index in [9.17, 15) is 13.6 Å². The van der Waals surface area contributed by atoms with Crippen molar-refractivity contribution in [1.29, 1.82) is 0 Å². The van der Waals surface area contributed by atoms with Crippen LogP contribution in [-0.4, -0.2) is 18.7 Å². The lowest BCUT2D eigenvalue weighted by molar-refractivity contribution is -0.149. The molecule has 0 saturated heterocycles. The molecule has 0 aliphatic carbocycles. The van der Waals surface area contributed by atoms with Gasteiger partial charge in [0.2, 0.25) is 6.17 Å². The van der Waals surface area contributed by atoms with Crippen molar-refractivity contribution in [3.05, 3.63) is 35.1 Å². The molecule has 17 heavy (non-hydrogen) atoms. The van der Waals surface area contributed by atoms with Crippen LogP contribution in [0.25, 0.3) is 0 Å². The second-order valence-electron chi connectivity index (χ2n) is 3.69. The van der Waals surface area contributed by atoms with Gasteiger partial charge in [0.1, 0.15) is 5.82 Å². The summed E-state index contributed by atoms with van der Waals surface area (Å²) < 4.78 is 31.3. The Morgan fingerprint density at radius 1 is 1.53 bits per heavy atom. The summed E-state index contributed by atoms with van der Waals surface area (Å²) in [5.74, 6) is -1.50. The van der Waals surface area contributed by atoms with Gasteiger partial charge in [0, 0.05) is 0 Å². The second-order valence-corrected chi connectivity index (χ2v) is 3.69. The first-order valence-electron chi connectivity index (χ1n) is 5.29. The standard InChI is InChI=1S/C12H15F2NO2/c1-3-17-12(16)10(14)11(15)8-5-4-7(2)9(13)6-8/h4-6,10-11H,3,15H2,1-2H3/t10?,11-/m1/s1. The van der Waals surface area contributed by atoms with Gasteiger partial charge in [-0.2, -0.15) is 0 Å². The second kappa shape index (κ2) is 5.72. The van der Waals surface area contributed by atoms with E-state index in [0.717, 1.165) is 6.07 Å². The van der Waals surface area contributed by atoms with E-state index < -0.39 is 24.0 Å². The molecule has 1 aromatic carbocycles. The van der Waals surface area contributed by atoms with Crippen molar-refractivity contribution in [3.63, 3.8) is 0 Å². The molecule has 0 aliphatic heterocycles. The van der Waals surface area contributed by atoms with Crippen LogP contribution in [0.3, 0.4) is 0 Å². The summed E-state index contributed by atoms with van der Waals surface area (Å²) in [4.78, 5) is 11.1. The van der Waals surface area contributed by atoms with E-state index in [1.165, 1.54) is 12.1 Å². The molecule has 0 fully saturated rings. The van der Waals surface area contributed by atoms with Crippen molar-refractivity contribution in [1.82, 2.24) is 0 Å². The molecule has 2 atom stereocenters. The number of hydrogen-bond acceptors (Lipinski definition) is 3. The minimum Gasteiger partial charge on any atom is -0.464 e. The number of ether oxygens (including phenoxy) is 1. The third-order valence-electron chi connectivity index (χ3n) is 2.41. The smallest absolute Gasteiger partial charge is 0.342 e. The number of alkyl halides is 1. The lowest BCUT2D eigenvalue weighted by Crippen LogP contribution is -2.31. The predicted molar refractivity (Wildman–Crippen MR) is 59.6 cm³/mol. The summed E-state index contributed by atoms with van der Waals surface area (Å²) in [6, 6.07) is 2.90. The Kier molecular flexibility index (Phi) is 4.57. The van der Waals surface area contributed by atoms with Gasteiger partial charge in [-0.3, -0.25) is 0 Å². The number of nitrogens with two attached hydrogens (primary N) is 1. The van der Waals surface area contributed by atoms with E-state index in [0.29, 0.717) is 5.56 Å². The summed E-state index contributed by atoms with van der Waals surface area (Å²) in [5, 5.41) is 0. The molecule has 3 nitrogen and oxygen atoms in total. The van der Waals surface area contributed by atoms with Crippen molar-refractivity contribution in [3.8, 4) is 0 Å². The fourth-order valence-corrected chi connectivity index (χ4v) is 1.35. The van der Waals surface area contributed by atoms with E-state index >= 15 is 0 Å². The number of carbonyl (C=O) groups excluding carboxylic acids is 1. The first-order chi connectivity index (χ1) is 7.97. The predicted octanol–water partition coefficient (Wildman–Crippen LogP) is 2.04. The largest absolute Gasteiger partial charge is 0.464 e. The van der Waals surface area contributed by atoms with E-state index in [-0.39, 0.29) is 12.2 Å². The van der Waals surface area contributed by atoms with Gasteiger partial charge in [0.25, 0.3) is 0 Å². The zero-order valence-electron chi connectivity index (χ0n) is 9.74. The normalized spacial score (nSPS) is 14.2. The highest BCUT2D eigenvalue weighted by atomic mass is 19.1. The van der Waals surface area contributed by atoms with E-state index in [1.807, 2.05) is 0 Å². The molecular formula is C12H15F2NO2. The highest BCUT2D eigenvalue weighted by molar-refractivity contribution is 5.75. The maximum Gasteiger partial charge on any atom is 0.342 e. The maximum absolute atomic E-state index is 13.6. The third kappa shape index (κ3) is 3.23. The Hall–Kier alpha value is -1.49. The molecule has 1 unspecified atom stereocenters. The van der Waals surface area contributed by atoms with E-state index in [2.05, 4.69) is 4.74 Å². The Bertz CT molecular complexity index is 409. The fraction of sp³-hybridized carbons (Fsp3) is 0.417. The SMILES string of the molecule is CCOC(=O)C(F)[C@H](N)c1ccc(C)c(F)c1. The van der Waals surface area contributed by atoms with Crippen molar-refractivity contribution in [2.75, 3.05) is 6.61 Å². The lowest BCUT2D eigenvalue weighted by Gasteiger charge is -2.16. The van der Waals surface area contributed by atoms with Gasteiger partial charge in [-0.1, -0.05) is 12.1 Å². The number of hydrogen-bond donors (Lipinski definition) is 1. The van der Waals surface area contributed by atoms with Crippen molar-refractivity contribution in [2.45, 2.75) is 26.1 Å². The molecular weight excluding hydrogens is 228 g/mol. The monoisotopic (exact) mass is 243 g/mol. The van der Waals surface area contributed by atoms with Gasteiger partial charge in [-0.05, 0) is 31.0 Å². The van der Waals surface area contributed by atoms with Gasteiger partial charge < -0.3 is 10.5 Å². The molecule has 1 rings (SSSR count). The van der Waals surface area contributed by atoms with Crippen LogP contribution >= 0.6 is 0 Å². The summed E-state index contributed by atoms with van der Waals surface area (Å²) in [6.45, 7) is 3.23. The average molecular weight is 243 g/mol. The van der Waals surface area contributed by atoms with Crippen LogP contribution in [0.4, 0.5) is 8.78 Å². The molecule has 2 N–H and O–H groups in total. The minimum absolute atomic E-state index is 0.0776. The summed E-state index contributed by atoms with van der Waals surface area (Å²) in [5.41, 5.74) is 6.21. The van der Waals surface area contributed by atoms with Crippen LogP contribution in [0.1, 0.15) is 24.1 Å². The van der Waals surface area contributed by atoms with E-state index in [1.54, 1.807) is 13.8 Å². The summed E-state index contributed by atoms with van der Waals surface area (Å²) in [7, 11) is 0. The number of benzene rings is 1. The maximum atomic E-state index is 13.6. The highest BCUT2D eigenvalue weighted by Gasteiger charge is 2.28. The number of rotatable bonds is 4. The molecule has 0 saturated carbocycles. The molecule has 0 radical (unpaired) electrons. The molecule has 5 heteroatoms. The summed E-state index contributed by atoms with van der Waals surface area (Å²) in [6.07, 6.45) is -1.99. The zero-order chi connectivity index (χ0) is 13.0. The number of aryl methyl sites for hydroxylation is 1. The number of halogens is 2. The molecule has 0 aliphatic rings. The van der Waals surface area contributed by atoms with Crippen molar-refractivity contribution < 1.29 is 18.3 Å². The van der Waals surface area contributed by atoms with Crippen LogP contribution in [-0.2, 0) is 9.53 Å². The molecule has 0 amide bonds. The molecule has 1 aromatic rings. The van der Waals surface area contributed by atoms with Crippen molar-refractivity contribution in [2.24, 2.45) is 5.73 Å². The Morgan fingerprint density at radius 3 is 2.71 bits per heavy atom. The first kappa shape index (κ1) is 13.6. The van der Waals surface area contributed by atoms with Crippen LogP contribution in [0.5, 0.6) is 0 Å². The van der Waals surface area contributed by atoms with Gasteiger partial charge in [0.15, 0.2) is 0 Å². The van der Waals surface area contributed by atoms with Crippen molar-refractivity contribution >= 4 is 5.97 Å². The molecule has 0 heterocycles. The van der Waals surface area contributed by atoms with Gasteiger partial charge in [-0.25, -0.2) is 13.6 Å². The van der Waals surface area contributed by atoms with Gasteiger partial charge in [-0.15, -0.1) is 0 Å². The molecule has 94 valence electrons. The first-order valence-corrected chi connectivity index (χ1v) is 5.29. The highest BCUT2D eigenvalue weighted by Crippen LogP contribution is 2.20. The average Bonchev–Trinajstić information content (AvgIpc) is 2.31. The van der Waals surface area contributed by atoms with Crippen LogP contribution in [0.15, 0.2) is 18.2 Å². The molecule has 0 aromatic heterocycles. The minimum atomic E-state index is -1.99. The third-order valence-corrected chi connectivity index (χ3v) is 2.41. The number of carbonyl (C=O) groups is 1. The Balaban J connectivity index is 2.84. The number of esters is 1. The topological polar surface area (TPSA) is 52.3 Å². The zero-order valence-corrected chi connectivity index (χ0v) is 9.74. The summed E-state index contributed by atoms with van der Waals surface area (Å²) >= 11 is 0. The van der Waals surface area contributed by atoms with Gasteiger partial charge in [0.05, 0.1) is 12.6 Å². The fourth-order valence-electron chi connectivity index (χ4n) is 1.35. The molecule has 0 bridgehead atoms. The van der Waals surface area contributed by atoms with E-state index in [4.69, 9.17) is 5.73 Å². The Labute approximate surface area is 98.6 Å². The lowest BCUT2D eigenvalue weighted by atomic mass is 10.0. The van der Waals surface area contributed by atoms with Crippen LogP contribution in [0.2, 0.25) is 0 Å². The van der Waals surface area contributed by atoms with Crippen LogP contribution in [0, 0.1) is 12.7 Å². The quantitative estimate of drug-likeness (QED) is 0.823. The Morgan fingerprint density at radius 2 is 2.18 bits per heavy atom. The van der Waals surface area contributed by atoms with Crippen LogP contribution < -0.4 is 5.73 Å². The van der Waals surface area contributed by atoms with Gasteiger partial charge >= 0.3 is 5.97 Å². The molecule has 0 spiro atoms.